The molecule has 1 saturated heterocycles. The Balaban J connectivity index is 1.86. The fourth-order valence-electron chi connectivity index (χ4n) is 3.89. The number of benzene rings is 2. The number of allylic oxidation sites excluding steroid dienone is 1. The SMILES string of the molecule is Cn1nc(-c2ccccc2)c(C(=O)/C=C\c2ccc(F)cc2)c(N2CCCCC2)c1=O. The van der Waals surface area contributed by atoms with Gasteiger partial charge in [0, 0.05) is 25.7 Å². The highest BCUT2D eigenvalue weighted by molar-refractivity contribution is 6.14. The zero-order valence-electron chi connectivity index (χ0n) is 17.4. The van der Waals surface area contributed by atoms with Crippen molar-refractivity contribution in [2.24, 2.45) is 7.05 Å². The lowest BCUT2D eigenvalue weighted by atomic mass is 9.99. The van der Waals surface area contributed by atoms with E-state index >= 15 is 0 Å². The quantitative estimate of drug-likeness (QED) is 0.454. The predicted molar refractivity (Wildman–Crippen MR) is 121 cm³/mol. The Morgan fingerprint density at radius 3 is 2.35 bits per heavy atom. The number of anilines is 1. The normalized spacial score (nSPS) is 14.2. The number of carbonyl (C=O) groups excluding carboxylic acids is 1. The molecule has 0 atom stereocenters. The number of piperidine rings is 1. The van der Waals surface area contributed by atoms with Gasteiger partial charge in [-0.2, -0.15) is 5.10 Å². The van der Waals surface area contributed by atoms with Gasteiger partial charge in [-0.1, -0.05) is 48.5 Å². The lowest BCUT2D eigenvalue weighted by molar-refractivity contribution is 0.104. The largest absolute Gasteiger partial charge is 0.366 e. The summed E-state index contributed by atoms with van der Waals surface area (Å²) in [7, 11) is 1.62. The molecule has 31 heavy (non-hydrogen) atoms. The number of aromatic nitrogens is 2. The van der Waals surface area contributed by atoms with E-state index < -0.39 is 0 Å². The lowest BCUT2D eigenvalue weighted by Gasteiger charge is -2.30. The van der Waals surface area contributed by atoms with Gasteiger partial charge in [0.25, 0.3) is 5.56 Å². The number of hydrogen-bond donors (Lipinski definition) is 0. The summed E-state index contributed by atoms with van der Waals surface area (Å²) in [5.41, 5.74) is 2.40. The summed E-state index contributed by atoms with van der Waals surface area (Å²) < 4.78 is 14.5. The minimum atomic E-state index is -0.335. The molecule has 4 rings (SSSR count). The second kappa shape index (κ2) is 9.08. The van der Waals surface area contributed by atoms with Crippen LogP contribution < -0.4 is 10.5 Å². The van der Waals surface area contributed by atoms with Gasteiger partial charge < -0.3 is 4.90 Å². The fourth-order valence-corrected chi connectivity index (χ4v) is 3.89. The molecule has 0 aliphatic carbocycles. The van der Waals surface area contributed by atoms with Crippen molar-refractivity contribution >= 4 is 17.5 Å². The molecule has 6 heteroatoms. The van der Waals surface area contributed by atoms with Gasteiger partial charge >= 0.3 is 0 Å². The van der Waals surface area contributed by atoms with E-state index in [4.69, 9.17) is 0 Å². The van der Waals surface area contributed by atoms with E-state index in [1.54, 1.807) is 25.3 Å². The second-order valence-corrected chi connectivity index (χ2v) is 7.66. The highest BCUT2D eigenvalue weighted by Crippen LogP contribution is 2.29. The Morgan fingerprint density at radius 1 is 1.00 bits per heavy atom. The molecule has 1 aliphatic rings. The van der Waals surface area contributed by atoms with Crippen molar-refractivity contribution in [1.29, 1.82) is 0 Å². The zero-order chi connectivity index (χ0) is 21.8. The molecule has 0 radical (unpaired) electrons. The van der Waals surface area contributed by atoms with Crippen LogP contribution in [0.2, 0.25) is 0 Å². The van der Waals surface area contributed by atoms with Crippen molar-refractivity contribution in [3.63, 3.8) is 0 Å². The summed E-state index contributed by atoms with van der Waals surface area (Å²) in [5, 5.41) is 4.46. The molecule has 5 nitrogen and oxygen atoms in total. The molecule has 1 aliphatic heterocycles. The number of rotatable bonds is 5. The van der Waals surface area contributed by atoms with Crippen LogP contribution in [-0.4, -0.2) is 28.7 Å². The zero-order valence-corrected chi connectivity index (χ0v) is 17.4. The van der Waals surface area contributed by atoms with Crippen LogP contribution in [0.1, 0.15) is 35.2 Å². The summed E-state index contributed by atoms with van der Waals surface area (Å²) in [6.45, 7) is 1.46. The van der Waals surface area contributed by atoms with Gasteiger partial charge in [-0.25, -0.2) is 9.07 Å². The van der Waals surface area contributed by atoms with Crippen LogP contribution >= 0.6 is 0 Å². The van der Waals surface area contributed by atoms with Crippen LogP contribution in [0.4, 0.5) is 10.1 Å². The number of aryl methyl sites for hydroxylation is 1. The summed E-state index contributed by atoms with van der Waals surface area (Å²) in [4.78, 5) is 28.6. The van der Waals surface area contributed by atoms with Gasteiger partial charge in [-0.3, -0.25) is 9.59 Å². The smallest absolute Gasteiger partial charge is 0.290 e. The molecule has 0 saturated carbocycles. The third kappa shape index (κ3) is 4.48. The van der Waals surface area contributed by atoms with Crippen molar-refractivity contribution in [1.82, 2.24) is 9.78 Å². The van der Waals surface area contributed by atoms with Gasteiger partial charge in [0.2, 0.25) is 0 Å². The van der Waals surface area contributed by atoms with Crippen LogP contribution in [0.5, 0.6) is 0 Å². The molecule has 0 N–H and O–H groups in total. The van der Waals surface area contributed by atoms with E-state index in [9.17, 15) is 14.0 Å². The molecule has 0 bridgehead atoms. The number of halogens is 1. The third-order valence-corrected chi connectivity index (χ3v) is 5.48. The van der Waals surface area contributed by atoms with Crippen molar-refractivity contribution in [3.8, 4) is 11.3 Å². The summed E-state index contributed by atoms with van der Waals surface area (Å²) in [5.74, 6) is -0.632. The molecular weight excluding hydrogens is 393 g/mol. The van der Waals surface area contributed by atoms with Crippen molar-refractivity contribution < 1.29 is 9.18 Å². The fraction of sp³-hybridized carbons (Fsp3) is 0.240. The first kappa shape index (κ1) is 20.7. The highest BCUT2D eigenvalue weighted by atomic mass is 19.1. The molecule has 2 aromatic carbocycles. The standard InChI is InChI=1S/C25H24FN3O2/c1-28-25(31)24(29-16-6-3-7-17-29)22(23(27-28)19-8-4-2-5-9-19)21(30)15-12-18-10-13-20(26)14-11-18/h2,4-5,8-15H,3,6-7,16-17H2,1H3/b15-12-. The number of hydrogen-bond acceptors (Lipinski definition) is 4. The number of nitrogens with zero attached hydrogens (tertiary/aromatic N) is 3. The van der Waals surface area contributed by atoms with E-state index in [0.29, 0.717) is 22.5 Å². The van der Waals surface area contributed by atoms with Gasteiger partial charge in [-0.05, 0) is 43.0 Å². The van der Waals surface area contributed by atoms with E-state index in [1.807, 2.05) is 35.2 Å². The molecule has 1 aromatic heterocycles. The van der Waals surface area contributed by atoms with Gasteiger partial charge in [0.05, 0.1) is 5.56 Å². The van der Waals surface area contributed by atoms with Crippen LogP contribution in [0.15, 0.2) is 65.5 Å². The predicted octanol–water partition coefficient (Wildman–Crippen LogP) is 4.47. The first-order chi connectivity index (χ1) is 15.0. The van der Waals surface area contributed by atoms with Gasteiger partial charge in [0.1, 0.15) is 17.2 Å². The minimum Gasteiger partial charge on any atom is -0.366 e. The Bertz CT molecular complexity index is 1160. The average molecular weight is 417 g/mol. The monoisotopic (exact) mass is 417 g/mol. The maximum Gasteiger partial charge on any atom is 0.290 e. The summed E-state index contributed by atoms with van der Waals surface area (Å²) in [6, 6.07) is 15.3. The van der Waals surface area contributed by atoms with Crippen molar-refractivity contribution in [2.75, 3.05) is 18.0 Å². The molecule has 2 heterocycles. The van der Waals surface area contributed by atoms with Crippen molar-refractivity contribution in [3.05, 3.63) is 88.0 Å². The van der Waals surface area contributed by atoms with Gasteiger partial charge in [-0.15, -0.1) is 0 Å². The Hall–Kier alpha value is -3.54. The molecule has 0 spiro atoms. The average Bonchev–Trinajstić information content (AvgIpc) is 2.81. The van der Waals surface area contributed by atoms with E-state index in [0.717, 1.165) is 37.9 Å². The molecular formula is C25H24FN3O2. The lowest BCUT2D eigenvalue weighted by Crippen LogP contribution is -2.38. The number of carbonyl (C=O) groups is 1. The molecule has 1 fully saturated rings. The van der Waals surface area contributed by atoms with E-state index in [2.05, 4.69) is 5.10 Å². The van der Waals surface area contributed by atoms with Crippen molar-refractivity contribution in [2.45, 2.75) is 19.3 Å². The topological polar surface area (TPSA) is 55.2 Å². The van der Waals surface area contributed by atoms with Gasteiger partial charge in [0.15, 0.2) is 5.78 Å². The maximum absolute atomic E-state index is 13.4. The Labute approximate surface area is 180 Å². The molecule has 3 aromatic rings. The van der Waals surface area contributed by atoms with Crippen LogP contribution in [0.25, 0.3) is 17.3 Å². The first-order valence-electron chi connectivity index (χ1n) is 10.4. The third-order valence-electron chi connectivity index (χ3n) is 5.48. The Morgan fingerprint density at radius 2 is 1.68 bits per heavy atom. The van der Waals surface area contributed by atoms with E-state index in [1.165, 1.54) is 22.9 Å². The summed E-state index contributed by atoms with van der Waals surface area (Å²) in [6.07, 6.45) is 6.13. The molecule has 0 unspecified atom stereocenters. The van der Waals surface area contributed by atoms with Crippen LogP contribution in [-0.2, 0) is 7.05 Å². The van der Waals surface area contributed by atoms with Crippen LogP contribution in [0.3, 0.4) is 0 Å². The summed E-state index contributed by atoms with van der Waals surface area (Å²) >= 11 is 0. The Kier molecular flexibility index (Phi) is 6.07. The van der Waals surface area contributed by atoms with E-state index in [-0.39, 0.29) is 17.2 Å². The van der Waals surface area contributed by atoms with Crippen LogP contribution in [0, 0.1) is 5.82 Å². The minimum absolute atomic E-state index is 0.278. The highest BCUT2D eigenvalue weighted by Gasteiger charge is 2.26. The maximum atomic E-state index is 13.4. The second-order valence-electron chi connectivity index (χ2n) is 7.66. The first-order valence-corrected chi connectivity index (χ1v) is 10.4. The molecule has 158 valence electrons. The molecule has 0 amide bonds. The number of ketones is 1.